The van der Waals surface area contributed by atoms with Crippen LogP contribution in [0.15, 0.2) is 5.10 Å². The minimum atomic E-state index is -0.522. The van der Waals surface area contributed by atoms with E-state index in [9.17, 15) is 4.79 Å². The number of urea groups is 1. The molecule has 5 saturated carbocycles. The first kappa shape index (κ1) is 8.09. The molecule has 0 aromatic heterocycles. The lowest BCUT2D eigenvalue weighted by Crippen LogP contribution is -2.44. The lowest BCUT2D eigenvalue weighted by molar-refractivity contribution is 0.0503. The van der Waals surface area contributed by atoms with Crippen molar-refractivity contribution in [2.24, 2.45) is 58.2 Å². The number of fused-ring (bicyclic) bond motifs is 2. The van der Waals surface area contributed by atoms with Crippen LogP contribution in [0, 0.1) is 47.3 Å². The Morgan fingerprint density at radius 3 is 2.69 bits per heavy atom. The number of carbonyl (C=O) groups is 1. The standard InChI is InChI=1S/C12H15N3O/c13-12(16)15-14-11-8-4-2-5-7-3(4)1-6(8)9(7)10(5)11/h3-10H,1-2H2,(H3,13,15,16)/b14-11-/t3-,4-,5+,6-,7+,8+,9-,10-/m0/s1. The Kier molecular flexibility index (Phi) is 1.09. The van der Waals surface area contributed by atoms with Crippen LogP contribution < -0.4 is 11.2 Å². The van der Waals surface area contributed by atoms with Gasteiger partial charge in [0.25, 0.3) is 0 Å². The van der Waals surface area contributed by atoms with E-state index in [4.69, 9.17) is 5.73 Å². The summed E-state index contributed by atoms with van der Waals surface area (Å²) in [6.07, 6.45) is 2.90. The summed E-state index contributed by atoms with van der Waals surface area (Å²) in [5, 5.41) is 4.33. The van der Waals surface area contributed by atoms with E-state index in [1.54, 1.807) is 0 Å². The van der Waals surface area contributed by atoms with E-state index in [1.165, 1.54) is 18.6 Å². The van der Waals surface area contributed by atoms with Crippen LogP contribution in [0.3, 0.4) is 0 Å². The third-order valence-electron chi connectivity index (χ3n) is 6.34. The van der Waals surface area contributed by atoms with Crippen LogP contribution >= 0.6 is 0 Å². The Balaban J connectivity index is 1.60. The fourth-order valence-electron chi connectivity index (χ4n) is 6.40. The van der Waals surface area contributed by atoms with Crippen molar-refractivity contribution in [1.82, 2.24) is 5.43 Å². The van der Waals surface area contributed by atoms with Gasteiger partial charge in [0.2, 0.25) is 0 Å². The first-order valence-corrected chi connectivity index (χ1v) is 6.40. The number of rotatable bonds is 1. The van der Waals surface area contributed by atoms with Crippen molar-refractivity contribution < 1.29 is 4.79 Å². The maximum atomic E-state index is 10.8. The Labute approximate surface area is 93.6 Å². The zero-order chi connectivity index (χ0) is 10.6. The summed E-state index contributed by atoms with van der Waals surface area (Å²) in [5.41, 5.74) is 8.87. The van der Waals surface area contributed by atoms with Gasteiger partial charge in [-0.25, -0.2) is 10.2 Å². The van der Waals surface area contributed by atoms with Crippen molar-refractivity contribution in [3.8, 4) is 0 Å². The molecule has 4 nitrogen and oxygen atoms in total. The van der Waals surface area contributed by atoms with Gasteiger partial charge in [-0.3, -0.25) is 0 Å². The Morgan fingerprint density at radius 2 is 1.88 bits per heavy atom. The highest BCUT2D eigenvalue weighted by Gasteiger charge is 2.79. The Hall–Kier alpha value is -1.06. The average Bonchev–Trinajstić information content (AvgIpc) is 2.72. The predicted octanol–water partition coefficient (Wildman–Crippen LogP) is 0.788. The molecule has 0 saturated heterocycles. The molecule has 0 heterocycles. The van der Waals surface area contributed by atoms with Gasteiger partial charge in [0.1, 0.15) is 0 Å². The minimum Gasteiger partial charge on any atom is -0.350 e. The van der Waals surface area contributed by atoms with E-state index >= 15 is 0 Å². The predicted molar refractivity (Wildman–Crippen MR) is 57.3 cm³/mol. The second-order valence-corrected chi connectivity index (χ2v) is 6.35. The van der Waals surface area contributed by atoms with Crippen molar-refractivity contribution in [2.45, 2.75) is 12.8 Å². The van der Waals surface area contributed by atoms with Crippen molar-refractivity contribution in [3.05, 3.63) is 0 Å². The number of hydrazone groups is 1. The fourth-order valence-corrected chi connectivity index (χ4v) is 6.40. The number of nitrogens with zero attached hydrogens (tertiary/aromatic N) is 1. The topological polar surface area (TPSA) is 67.5 Å². The van der Waals surface area contributed by atoms with Gasteiger partial charge in [0.05, 0.1) is 0 Å². The van der Waals surface area contributed by atoms with Crippen molar-refractivity contribution in [2.75, 3.05) is 0 Å². The molecule has 3 N–H and O–H groups in total. The van der Waals surface area contributed by atoms with E-state index in [2.05, 4.69) is 10.5 Å². The van der Waals surface area contributed by atoms with Gasteiger partial charge in [0.15, 0.2) is 0 Å². The third-order valence-corrected chi connectivity index (χ3v) is 6.34. The molecular formula is C12H15N3O. The van der Waals surface area contributed by atoms with Crippen LogP contribution in [-0.4, -0.2) is 11.7 Å². The number of nitrogens with two attached hydrogens (primary N) is 1. The third kappa shape index (κ3) is 0.590. The minimum absolute atomic E-state index is 0.522. The maximum absolute atomic E-state index is 10.8. The molecule has 2 bridgehead atoms. The van der Waals surface area contributed by atoms with Gasteiger partial charge < -0.3 is 5.73 Å². The lowest BCUT2D eigenvalue weighted by atomic mass is 9.59. The zero-order valence-electron chi connectivity index (χ0n) is 8.97. The number of carbonyl (C=O) groups excluding carboxylic acids is 1. The van der Waals surface area contributed by atoms with Crippen molar-refractivity contribution in [3.63, 3.8) is 0 Å². The van der Waals surface area contributed by atoms with E-state index in [0.29, 0.717) is 5.92 Å². The van der Waals surface area contributed by atoms with Gasteiger partial charge >= 0.3 is 6.03 Å². The highest BCUT2D eigenvalue weighted by molar-refractivity contribution is 5.96. The van der Waals surface area contributed by atoms with Crippen LogP contribution in [0.25, 0.3) is 0 Å². The molecule has 8 atom stereocenters. The first-order valence-electron chi connectivity index (χ1n) is 6.40. The second kappa shape index (κ2) is 2.15. The van der Waals surface area contributed by atoms with Gasteiger partial charge in [-0.05, 0) is 48.3 Å². The van der Waals surface area contributed by atoms with E-state index < -0.39 is 6.03 Å². The Bertz CT molecular complexity index is 440. The molecule has 0 radical (unpaired) electrons. The van der Waals surface area contributed by atoms with Gasteiger partial charge in [-0.2, -0.15) is 5.10 Å². The number of primary amides is 1. The van der Waals surface area contributed by atoms with Gasteiger partial charge in [-0.1, -0.05) is 0 Å². The second-order valence-electron chi connectivity index (χ2n) is 6.35. The van der Waals surface area contributed by atoms with Gasteiger partial charge in [-0.15, -0.1) is 0 Å². The molecule has 4 heteroatoms. The number of nitrogens with one attached hydrogen (secondary N) is 1. The van der Waals surface area contributed by atoms with Crippen LogP contribution in [-0.2, 0) is 0 Å². The molecule has 2 amide bonds. The first-order chi connectivity index (χ1) is 7.77. The molecule has 0 aromatic rings. The highest BCUT2D eigenvalue weighted by Crippen LogP contribution is 2.81. The van der Waals surface area contributed by atoms with Crippen LogP contribution in [0.5, 0.6) is 0 Å². The number of hydrogen-bond donors (Lipinski definition) is 2. The van der Waals surface area contributed by atoms with Crippen LogP contribution in [0.1, 0.15) is 12.8 Å². The summed E-state index contributed by atoms with van der Waals surface area (Å²) in [7, 11) is 0. The summed E-state index contributed by atoms with van der Waals surface area (Å²) in [6.45, 7) is 0. The van der Waals surface area contributed by atoms with Gasteiger partial charge in [0, 0.05) is 17.5 Å². The molecule has 16 heavy (non-hydrogen) atoms. The molecule has 5 aliphatic rings. The number of hydrogen-bond acceptors (Lipinski definition) is 2. The van der Waals surface area contributed by atoms with Crippen LogP contribution in [0.2, 0.25) is 0 Å². The average molecular weight is 217 g/mol. The summed E-state index contributed by atoms with van der Waals surface area (Å²) in [5.74, 6) is 7.16. The maximum Gasteiger partial charge on any atom is 0.332 e. The Morgan fingerprint density at radius 1 is 1.12 bits per heavy atom. The molecule has 0 spiro atoms. The fraction of sp³-hybridized carbons (Fsp3) is 0.833. The zero-order valence-corrected chi connectivity index (χ0v) is 8.97. The monoisotopic (exact) mass is 217 g/mol. The van der Waals surface area contributed by atoms with E-state index in [-0.39, 0.29) is 0 Å². The van der Waals surface area contributed by atoms with Crippen molar-refractivity contribution in [1.29, 1.82) is 0 Å². The van der Waals surface area contributed by atoms with Crippen LogP contribution in [0.4, 0.5) is 4.79 Å². The van der Waals surface area contributed by atoms with Crippen molar-refractivity contribution >= 4 is 11.7 Å². The quantitative estimate of drug-likeness (QED) is 0.626. The normalized spacial score (nSPS) is 64.4. The molecule has 0 aliphatic heterocycles. The molecule has 0 unspecified atom stereocenters. The molecule has 0 aromatic carbocycles. The SMILES string of the molecule is NC(=O)N/N=C1/[C@@H]2[C@H]3C[C@H]4[C@H]1[C@H]1[C@H]2C[C@@H]3[C@H]41. The lowest BCUT2D eigenvalue weighted by Gasteiger charge is -2.44. The summed E-state index contributed by atoms with van der Waals surface area (Å²) >= 11 is 0. The number of amides is 2. The smallest absolute Gasteiger partial charge is 0.332 e. The molecule has 84 valence electrons. The molecule has 5 rings (SSSR count). The summed E-state index contributed by atoms with van der Waals surface area (Å²) in [6, 6.07) is -0.522. The summed E-state index contributed by atoms with van der Waals surface area (Å²) < 4.78 is 0. The van der Waals surface area contributed by atoms with E-state index in [0.717, 1.165) is 41.4 Å². The van der Waals surface area contributed by atoms with E-state index in [1.807, 2.05) is 0 Å². The molecular weight excluding hydrogens is 202 g/mol. The molecule has 5 aliphatic carbocycles. The molecule has 5 fully saturated rings. The largest absolute Gasteiger partial charge is 0.350 e. The highest BCUT2D eigenvalue weighted by atomic mass is 16.2. The summed E-state index contributed by atoms with van der Waals surface area (Å²) in [4.78, 5) is 10.8.